The molecule has 2 fully saturated rings. The number of anilines is 1. The van der Waals surface area contributed by atoms with Crippen LogP contribution in [0.5, 0.6) is 0 Å². The number of fused-ring (bicyclic) bond motifs is 1. The van der Waals surface area contributed by atoms with E-state index in [1.807, 2.05) is 6.07 Å². The zero-order chi connectivity index (χ0) is 15.0. The lowest BCUT2D eigenvalue weighted by atomic mass is 9.96. The van der Waals surface area contributed by atoms with Crippen LogP contribution in [0, 0.1) is 0 Å². The number of nitrogens with two attached hydrogens (primary N) is 1. The highest BCUT2D eigenvalue weighted by Gasteiger charge is 2.33. The molecule has 1 aromatic rings. The molecule has 2 heterocycles. The Bertz CT molecular complexity index is 548. The molecule has 0 bridgehead atoms. The van der Waals surface area contributed by atoms with E-state index < -0.39 is 0 Å². The van der Waals surface area contributed by atoms with Crippen LogP contribution in [0.1, 0.15) is 31.7 Å². The van der Waals surface area contributed by atoms with E-state index in [2.05, 4.69) is 44.8 Å². The zero-order valence-electron chi connectivity index (χ0n) is 12.4. The molecule has 2 unspecified atom stereocenters. The first-order valence-corrected chi connectivity index (χ1v) is 8.86. The van der Waals surface area contributed by atoms with Crippen molar-refractivity contribution in [2.24, 2.45) is 5.73 Å². The average Bonchev–Trinajstić information content (AvgIpc) is 2.46. The van der Waals surface area contributed by atoms with Gasteiger partial charge in [-0.15, -0.1) is 0 Å². The second-order valence-corrected chi connectivity index (χ2v) is 7.53. The van der Waals surface area contributed by atoms with E-state index in [9.17, 15) is 0 Å². The maximum absolute atomic E-state index is 5.94. The van der Waals surface area contributed by atoms with Gasteiger partial charge in [0.05, 0.1) is 0 Å². The van der Waals surface area contributed by atoms with E-state index in [1.165, 1.54) is 31.5 Å². The molecule has 2 saturated heterocycles. The average molecular weight is 368 g/mol. The fourth-order valence-corrected chi connectivity index (χ4v) is 4.17. The van der Waals surface area contributed by atoms with Gasteiger partial charge in [-0.3, -0.25) is 4.90 Å². The maximum Gasteiger partial charge on any atom is 0.106 e. The Balaban J connectivity index is 1.91. The molecule has 0 spiro atoms. The monoisotopic (exact) mass is 367 g/mol. The molecule has 2 aliphatic rings. The molecule has 0 saturated carbocycles. The lowest BCUT2D eigenvalue weighted by Gasteiger charge is -2.48. The smallest absolute Gasteiger partial charge is 0.106 e. The number of benzene rings is 1. The normalized spacial score (nSPS) is 26.5. The summed E-state index contributed by atoms with van der Waals surface area (Å²) < 4.78 is 1.03. The summed E-state index contributed by atoms with van der Waals surface area (Å²) in [7, 11) is 0. The van der Waals surface area contributed by atoms with Crippen molar-refractivity contribution in [3.05, 3.63) is 28.2 Å². The quantitative estimate of drug-likeness (QED) is 0.813. The van der Waals surface area contributed by atoms with Gasteiger partial charge in [-0.05, 0) is 44.5 Å². The Morgan fingerprint density at radius 1 is 1.33 bits per heavy atom. The largest absolute Gasteiger partial charge is 0.389 e. The van der Waals surface area contributed by atoms with E-state index in [4.69, 9.17) is 18.0 Å². The van der Waals surface area contributed by atoms with Crippen molar-refractivity contribution in [1.29, 1.82) is 0 Å². The van der Waals surface area contributed by atoms with Gasteiger partial charge < -0.3 is 10.6 Å². The number of hydrogen-bond acceptors (Lipinski definition) is 3. The third-order valence-electron chi connectivity index (χ3n) is 4.72. The third kappa shape index (κ3) is 3.10. The predicted octanol–water partition coefficient (Wildman–Crippen LogP) is 3.15. The van der Waals surface area contributed by atoms with Crippen LogP contribution >= 0.6 is 28.1 Å². The Morgan fingerprint density at radius 2 is 2.14 bits per heavy atom. The molecule has 2 N–H and O–H groups in total. The van der Waals surface area contributed by atoms with Crippen LogP contribution < -0.4 is 10.6 Å². The summed E-state index contributed by atoms with van der Waals surface area (Å²) in [4.78, 5) is 5.63. The fourth-order valence-electron chi connectivity index (χ4n) is 3.64. The minimum Gasteiger partial charge on any atom is -0.389 e. The van der Waals surface area contributed by atoms with E-state index in [0.717, 1.165) is 23.1 Å². The summed E-state index contributed by atoms with van der Waals surface area (Å²) in [5.41, 5.74) is 8.11. The highest BCUT2D eigenvalue weighted by atomic mass is 79.9. The van der Waals surface area contributed by atoms with Gasteiger partial charge in [0.15, 0.2) is 0 Å². The van der Waals surface area contributed by atoms with Crippen molar-refractivity contribution in [3.63, 3.8) is 0 Å². The fraction of sp³-hybridized carbons (Fsp3) is 0.562. The summed E-state index contributed by atoms with van der Waals surface area (Å²) in [5, 5.41) is 0. The third-order valence-corrected chi connectivity index (χ3v) is 5.43. The van der Waals surface area contributed by atoms with Gasteiger partial charge in [0, 0.05) is 40.9 Å². The first-order valence-electron chi connectivity index (χ1n) is 7.66. The van der Waals surface area contributed by atoms with Crippen LogP contribution in [0.4, 0.5) is 5.69 Å². The van der Waals surface area contributed by atoms with Crippen molar-refractivity contribution in [1.82, 2.24) is 4.90 Å². The predicted molar refractivity (Wildman–Crippen MR) is 96.0 cm³/mol. The van der Waals surface area contributed by atoms with Crippen LogP contribution in [0.2, 0.25) is 0 Å². The maximum atomic E-state index is 5.94. The molecule has 0 radical (unpaired) electrons. The van der Waals surface area contributed by atoms with Crippen LogP contribution in [-0.2, 0) is 0 Å². The molecule has 2 aliphatic heterocycles. The lowest BCUT2D eigenvalue weighted by molar-refractivity contribution is 0.115. The summed E-state index contributed by atoms with van der Waals surface area (Å²) in [6.07, 6.45) is 4.01. The van der Waals surface area contributed by atoms with E-state index >= 15 is 0 Å². The Kier molecular flexibility index (Phi) is 4.52. The van der Waals surface area contributed by atoms with Crippen LogP contribution in [0.15, 0.2) is 22.7 Å². The van der Waals surface area contributed by atoms with Crippen LogP contribution in [0.3, 0.4) is 0 Å². The summed E-state index contributed by atoms with van der Waals surface area (Å²) in [6, 6.07) is 7.44. The number of piperazine rings is 1. The van der Waals surface area contributed by atoms with Gasteiger partial charge in [-0.2, -0.15) is 0 Å². The summed E-state index contributed by atoms with van der Waals surface area (Å²) in [5.74, 6) is 0. The highest BCUT2D eigenvalue weighted by Crippen LogP contribution is 2.31. The molecule has 0 aliphatic carbocycles. The lowest BCUT2D eigenvalue weighted by Crippen LogP contribution is -2.59. The molecule has 1 aromatic carbocycles. The van der Waals surface area contributed by atoms with Crippen molar-refractivity contribution in [3.8, 4) is 0 Å². The zero-order valence-corrected chi connectivity index (χ0v) is 14.8. The van der Waals surface area contributed by atoms with E-state index in [-0.39, 0.29) is 0 Å². The first-order chi connectivity index (χ1) is 10.1. The van der Waals surface area contributed by atoms with E-state index in [1.54, 1.807) is 0 Å². The number of rotatable bonds is 2. The Labute approximate surface area is 140 Å². The molecule has 3 rings (SSSR count). The molecule has 114 valence electrons. The van der Waals surface area contributed by atoms with Crippen molar-refractivity contribution >= 4 is 38.8 Å². The molecule has 0 aromatic heterocycles. The second kappa shape index (κ2) is 6.23. The number of hydrogen-bond donors (Lipinski definition) is 1. The molecule has 2 atom stereocenters. The minimum absolute atomic E-state index is 0.476. The van der Waals surface area contributed by atoms with Crippen molar-refractivity contribution < 1.29 is 0 Å². The molecule has 0 amide bonds. The highest BCUT2D eigenvalue weighted by molar-refractivity contribution is 9.10. The molecule has 21 heavy (non-hydrogen) atoms. The SMILES string of the molecule is CC1CN2CCCCC2CN1c1ccc(Br)cc1C(N)=S. The minimum atomic E-state index is 0.476. The van der Waals surface area contributed by atoms with Gasteiger partial charge >= 0.3 is 0 Å². The molecular weight excluding hydrogens is 346 g/mol. The first kappa shape index (κ1) is 15.3. The number of thiocarbonyl (C=S) groups is 1. The van der Waals surface area contributed by atoms with Crippen molar-refractivity contribution in [2.45, 2.75) is 38.3 Å². The standard InChI is InChI=1S/C16H22BrN3S/c1-11-9-19-7-3-2-4-13(19)10-20(11)15-6-5-12(17)8-14(15)16(18)21/h5-6,8,11,13H,2-4,7,9-10H2,1H3,(H2,18,21). The second-order valence-electron chi connectivity index (χ2n) is 6.17. The molecule has 5 heteroatoms. The van der Waals surface area contributed by atoms with E-state index in [0.29, 0.717) is 17.1 Å². The van der Waals surface area contributed by atoms with Crippen LogP contribution in [-0.4, -0.2) is 41.6 Å². The van der Waals surface area contributed by atoms with Crippen LogP contribution in [0.25, 0.3) is 0 Å². The number of nitrogens with zero attached hydrogens (tertiary/aromatic N) is 2. The summed E-state index contributed by atoms with van der Waals surface area (Å²) >= 11 is 8.77. The van der Waals surface area contributed by atoms with Gasteiger partial charge in [-0.1, -0.05) is 34.6 Å². The Morgan fingerprint density at radius 3 is 2.90 bits per heavy atom. The van der Waals surface area contributed by atoms with Gasteiger partial charge in [0.2, 0.25) is 0 Å². The van der Waals surface area contributed by atoms with Gasteiger partial charge in [0.25, 0.3) is 0 Å². The number of halogens is 1. The number of piperidine rings is 1. The summed E-state index contributed by atoms with van der Waals surface area (Å²) in [6.45, 7) is 5.78. The van der Waals surface area contributed by atoms with Crippen molar-refractivity contribution in [2.75, 3.05) is 24.5 Å². The van der Waals surface area contributed by atoms with Gasteiger partial charge in [-0.25, -0.2) is 0 Å². The molecular formula is C16H22BrN3S. The molecule has 3 nitrogen and oxygen atoms in total. The topological polar surface area (TPSA) is 32.5 Å². The Hall–Kier alpha value is -0.650. The van der Waals surface area contributed by atoms with Gasteiger partial charge in [0.1, 0.15) is 4.99 Å².